The predicted molar refractivity (Wildman–Crippen MR) is 74.5 cm³/mol. The zero-order chi connectivity index (χ0) is 14.5. The first-order chi connectivity index (χ1) is 9.67. The van der Waals surface area contributed by atoms with Gasteiger partial charge in [0.15, 0.2) is 0 Å². The molecule has 106 valence electrons. The normalized spacial score (nSPS) is 18.6. The van der Waals surface area contributed by atoms with Crippen molar-refractivity contribution in [2.75, 3.05) is 18.1 Å². The molecule has 2 rings (SSSR count). The molecular weight excluding hydrogens is 258 g/mol. The molecule has 1 aliphatic rings. The number of nitro groups is 1. The van der Waals surface area contributed by atoms with E-state index in [1.165, 1.54) is 6.07 Å². The Morgan fingerprint density at radius 3 is 2.95 bits per heavy atom. The number of benzene rings is 1. The minimum Gasteiger partial charge on any atom is -0.396 e. The van der Waals surface area contributed by atoms with Crippen molar-refractivity contribution in [3.63, 3.8) is 0 Å². The van der Waals surface area contributed by atoms with Crippen LogP contribution in [0.2, 0.25) is 0 Å². The summed E-state index contributed by atoms with van der Waals surface area (Å²) in [4.78, 5) is 12.8. The number of nitro benzene ring substituents is 1. The SMILES string of the molecule is N#Cc1ccc(N2CCCCC2CCO)c([N+](=O)[O-])c1. The van der Waals surface area contributed by atoms with Crippen molar-refractivity contribution < 1.29 is 10.0 Å². The lowest BCUT2D eigenvalue weighted by Gasteiger charge is -2.37. The molecule has 1 atom stereocenters. The number of nitriles is 1. The number of aliphatic hydroxyl groups excluding tert-OH is 1. The van der Waals surface area contributed by atoms with Crippen molar-refractivity contribution in [2.24, 2.45) is 0 Å². The fraction of sp³-hybridized carbons (Fsp3) is 0.500. The van der Waals surface area contributed by atoms with Crippen LogP contribution in [0.4, 0.5) is 11.4 Å². The average Bonchev–Trinajstić information content (AvgIpc) is 2.47. The van der Waals surface area contributed by atoms with Crippen LogP contribution in [-0.2, 0) is 0 Å². The van der Waals surface area contributed by atoms with Gasteiger partial charge in [0, 0.05) is 25.3 Å². The van der Waals surface area contributed by atoms with E-state index in [1.54, 1.807) is 12.1 Å². The molecule has 0 radical (unpaired) electrons. The molecule has 0 aromatic heterocycles. The van der Waals surface area contributed by atoms with E-state index in [9.17, 15) is 10.1 Å². The van der Waals surface area contributed by atoms with E-state index in [0.29, 0.717) is 12.1 Å². The van der Waals surface area contributed by atoms with Crippen LogP contribution in [0.5, 0.6) is 0 Å². The summed E-state index contributed by atoms with van der Waals surface area (Å²) in [6, 6.07) is 6.62. The van der Waals surface area contributed by atoms with E-state index < -0.39 is 4.92 Å². The van der Waals surface area contributed by atoms with Gasteiger partial charge in [-0.25, -0.2) is 0 Å². The summed E-state index contributed by atoms with van der Waals surface area (Å²) in [5.41, 5.74) is 0.803. The topological polar surface area (TPSA) is 90.4 Å². The lowest BCUT2D eigenvalue weighted by Crippen LogP contribution is -2.40. The molecule has 6 heteroatoms. The Morgan fingerprint density at radius 2 is 2.30 bits per heavy atom. The maximum absolute atomic E-state index is 11.2. The highest BCUT2D eigenvalue weighted by molar-refractivity contribution is 5.66. The second-order valence-corrected chi connectivity index (χ2v) is 4.93. The minimum atomic E-state index is -0.444. The molecule has 20 heavy (non-hydrogen) atoms. The van der Waals surface area contributed by atoms with E-state index >= 15 is 0 Å². The van der Waals surface area contributed by atoms with Crippen LogP contribution in [-0.4, -0.2) is 29.2 Å². The highest BCUT2D eigenvalue weighted by Crippen LogP contribution is 2.34. The van der Waals surface area contributed by atoms with Gasteiger partial charge in [0.2, 0.25) is 0 Å². The molecule has 1 heterocycles. The van der Waals surface area contributed by atoms with Gasteiger partial charge in [-0.05, 0) is 37.8 Å². The molecular formula is C14H17N3O3. The molecule has 0 aliphatic carbocycles. The lowest BCUT2D eigenvalue weighted by molar-refractivity contribution is -0.384. The average molecular weight is 275 g/mol. The Kier molecular flexibility index (Phi) is 4.53. The first kappa shape index (κ1) is 14.3. The second-order valence-electron chi connectivity index (χ2n) is 4.93. The molecule has 1 N–H and O–H groups in total. The smallest absolute Gasteiger partial charge is 0.293 e. The quantitative estimate of drug-likeness (QED) is 0.672. The molecule has 1 aromatic rings. The van der Waals surface area contributed by atoms with Gasteiger partial charge in [0.05, 0.1) is 16.6 Å². The maximum Gasteiger partial charge on any atom is 0.293 e. The Hall–Kier alpha value is -2.13. The number of anilines is 1. The molecule has 0 bridgehead atoms. The highest BCUT2D eigenvalue weighted by Gasteiger charge is 2.27. The van der Waals surface area contributed by atoms with E-state index in [1.807, 2.05) is 11.0 Å². The third-order valence-electron chi connectivity index (χ3n) is 3.70. The van der Waals surface area contributed by atoms with Crippen molar-refractivity contribution in [1.29, 1.82) is 5.26 Å². The summed E-state index contributed by atoms with van der Waals surface area (Å²) in [7, 11) is 0. The first-order valence-electron chi connectivity index (χ1n) is 6.73. The van der Waals surface area contributed by atoms with Crippen LogP contribution in [0.25, 0.3) is 0 Å². The number of hydrogen-bond donors (Lipinski definition) is 1. The van der Waals surface area contributed by atoms with Gasteiger partial charge in [-0.1, -0.05) is 0 Å². The van der Waals surface area contributed by atoms with Gasteiger partial charge in [0.25, 0.3) is 5.69 Å². The summed E-state index contributed by atoms with van der Waals surface area (Å²) in [6.45, 7) is 0.822. The molecule has 1 unspecified atom stereocenters. The van der Waals surface area contributed by atoms with Crippen LogP contribution in [0.1, 0.15) is 31.2 Å². The number of piperidine rings is 1. The van der Waals surface area contributed by atoms with E-state index in [2.05, 4.69) is 0 Å². The van der Waals surface area contributed by atoms with Crippen LogP contribution in [0.15, 0.2) is 18.2 Å². The number of rotatable bonds is 4. The molecule has 6 nitrogen and oxygen atoms in total. The maximum atomic E-state index is 11.2. The van der Waals surface area contributed by atoms with Gasteiger partial charge in [-0.15, -0.1) is 0 Å². The molecule has 1 aromatic carbocycles. The third-order valence-corrected chi connectivity index (χ3v) is 3.70. The molecule has 0 amide bonds. The summed E-state index contributed by atoms with van der Waals surface area (Å²) in [6.07, 6.45) is 3.60. The highest BCUT2D eigenvalue weighted by atomic mass is 16.6. The molecule has 1 aliphatic heterocycles. The fourth-order valence-corrected chi connectivity index (χ4v) is 2.75. The largest absolute Gasteiger partial charge is 0.396 e. The van der Waals surface area contributed by atoms with Crippen molar-refractivity contribution in [1.82, 2.24) is 0 Å². The van der Waals surface area contributed by atoms with Gasteiger partial charge in [-0.3, -0.25) is 10.1 Å². The second kappa shape index (κ2) is 6.35. The monoisotopic (exact) mass is 275 g/mol. The minimum absolute atomic E-state index is 0.0334. The summed E-state index contributed by atoms with van der Waals surface area (Å²) >= 11 is 0. The summed E-state index contributed by atoms with van der Waals surface area (Å²) in [5.74, 6) is 0. The van der Waals surface area contributed by atoms with Crippen molar-refractivity contribution >= 4 is 11.4 Å². The Bertz CT molecular complexity index is 537. The Labute approximate surface area is 117 Å². The van der Waals surface area contributed by atoms with Crippen LogP contribution in [0.3, 0.4) is 0 Å². The van der Waals surface area contributed by atoms with Crippen molar-refractivity contribution in [2.45, 2.75) is 31.7 Å². The van der Waals surface area contributed by atoms with Gasteiger partial charge >= 0.3 is 0 Å². The zero-order valence-electron chi connectivity index (χ0n) is 11.2. The van der Waals surface area contributed by atoms with E-state index in [0.717, 1.165) is 25.8 Å². The summed E-state index contributed by atoms with van der Waals surface area (Å²) in [5, 5.41) is 29.2. The summed E-state index contributed by atoms with van der Waals surface area (Å²) < 4.78 is 0. The van der Waals surface area contributed by atoms with Crippen molar-refractivity contribution in [3.8, 4) is 6.07 Å². The molecule has 1 fully saturated rings. The molecule has 0 saturated carbocycles. The first-order valence-corrected chi connectivity index (χ1v) is 6.73. The molecule has 1 saturated heterocycles. The predicted octanol–water partition coefficient (Wildman–Crippen LogP) is 2.21. The van der Waals surface area contributed by atoms with Crippen molar-refractivity contribution in [3.05, 3.63) is 33.9 Å². The van der Waals surface area contributed by atoms with Crippen LogP contribution >= 0.6 is 0 Å². The van der Waals surface area contributed by atoms with Crippen LogP contribution < -0.4 is 4.90 Å². The standard InChI is InChI=1S/C14H17N3O3/c15-10-11-4-5-13(14(9-11)17(19)20)16-7-2-1-3-12(16)6-8-18/h4-5,9,12,18H,1-3,6-8H2. The lowest BCUT2D eigenvalue weighted by atomic mass is 9.98. The van der Waals surface area contributed by atoms with Gasteiger partial charge in [-0.2, -0.15) is 5.26 Å². The van der Waals surface area contributed by atoms with Gasteiger partial charge < -0.3 is 10.0 Å². The number of hydrogen-bond acceptors (Lipinski definition) is 5. The Balaban J connectivity index is 2.39. The zero-order valence-corrected chi connectivity index (χ0v) is 11.2. The molecule has 0 spiro atoms. The number of aliphatic hydroxyl groups is 1. The van der Waals surface area contributed by atoms with Crippen LogP contribution in [0, 0.1) is 21.4 Å². The fourth-order valence-electron chi connectivity index (χ4n) is 2.75. The third kappa shape index (κ3) is 2.89. The Morgan fingerprint density at radius 1 is 1.50 bits per heavy atom. The van der Waals surface area contributed by atoms with E-state index in [-0.39, 0.29) is 23.9 Å². The van der Waals surface area contributed by atoms with E-state index in [4.69, 9.17) is 10.4 Å². The van der Waals surface area contributed by atoms with Gasteiger partial charge in [0.1, 0.15) is 5.69 Å². The number of nitrogens with zero attached hydrogens (tertiary/aromatic N) is 3.